The number of thiol groups is 1. The van der Waals surface area contributed by atoms with Crippen LogP contribution in [0.5, 0.6) is 0 Å². The summed E-state index contributed by atoms with van der Waals surface area (Å²) in [6, 6.07) is 2.32. The second-order valence-corrected chi connectivity index (χ2v) is 33.9. The lowest BCUT2D eigenvalue weighted by Crippen LogP contribution is -2.34. The summed E-state index contributed by atoms with van der Waals surface area (Å²) in [6.45, 7) is -12.9. The minimum absolute atomic E-state index is 0.00105. The SMILES string of the molecule is CC(C)C(=O)Nc1nc2c(nnn2[C@@H]2C[C@@H]3COP(O)(=S)O[C@@H]4[C@@H](COP(=S)(OCCC#N)O[C@@H]2C3)C[C@@H](Nc2ccncn2)[C@@H]4F)c(=O)[nH]1.Nc1nc2c(nnn2[C@@H]2C[C@@H]3COP(=O)(S)O[C@@H]4[C@@H](COP(O)(=S)O[C@@H]2C3)C[C@@H](Nc2ccncn2)[C@@H]4F)c(=O)[nH]1. The largest absolute Gasteiger partial charge is 0.386 e. The number of amides is 1. The molecular weight excluding hydrogens is 1360 g/mol. The predicted molar refractivity (Wildman–Crippen MR) is 332 cm³/mol. The fourth-order valence-corrected chi connectivity index (χ4v) is 18.4. The quantitative estimate of drug-likeness (QED) is 0.0485. The highest BCUT2D eigenvalue weighted by atomic mass is 32.7. The van der Waals surface area contributed by atoms with Gasteiger partial charge in [0.1, 0.15) is 48.8 Å². The first-order chi connectivity index (χ1) is 43.3. The van der Waals surface area contributed by atoms with Crippen LogP contribution < -0.4 is 32.8 Å². The van der Waals surface area contributed by atoms with Crippen LogP contribution >= 0.6 is 39.2 Å². The summed E-state index contributed by atoms with van der Waals surface area (Å²) in [7, 11) is 0. The van der Waals surface area contributed by atoms with Crippen LogP contribution in [0.1, 0.15) is 70.9 Å². The summed E-state index contributed by atoms with van der Waals surface area (Å²) < 4.78 is 101. The van der Waals surface area contributed by atoms with Gasteiger partial charge in [0, 0.05) is 30.1 Å². The maximum Gasteiger partial charge on any atom is 0.386 e. The molecule has 34 nitrogen and oxygen atoms in total. The van der Waals surface area contributed by atoms with Crippen molar-refractivity contribution >= 4 is 126 Å². The molecule has 0 aromatic carbocycles. The third-order valence-corrected chi connectivity index (χ3v) is 23.0. The molecule has 91 heavy (non-hydrogen) atoms. The number of H-pyrrole nitrogens is 2. The Morgan fingerprint density at radius 2 is 1.31 bits per heavy atom. The maximum absolute atomic E-state index is 16.0. The molecule has 6 aliphatic rings. The summed E-state index contributed by atoms with van der Waals surface area (Å²) in [4.78, 5) is 89.0. The topological polar surface area (TPSA) is 448 Å². The third kappa shape index (κ3) is 16.1. The smallest absolute Gasteiger partial charge is 0.369 e. The Morgan fingerprint density at radius 3 is 1.88 bits per heavy atom. The van der Waals surface area contributed by atoms with Crippen LogP contribution in [-0.2, 0) is 85.5 Å². The number of nitrogen functional groups attached to an aromatic ring is 1. The van der Waals surface area contributed by atoms with Gasteiger partial charge in [0.2, 0.25) is 17.8 Å². The van der Waals surface area contributed by atoms with Gasteiger partial charge >= 0.3 is 27.0 Å². The van der Waals surface area contributed by atoms with Crippen LogP contribution in [0, 0.1) is 40.9 Å². The molecule has 6 aromatic rings. The zero-order chi connectivity index (χ0) is 64.6. The highest BCUT2D eigenvalue weighted by Crippen LogP contribution is 2.61. The number of halogens is 2. The number of nitrogens with one attached hydrogen (secondary N) is 5. The Hall–Kier alpha value is -4.97. The number of carbonyl (C=O) groups is 1. The van der Waals surface area contributed by atoms with Gasteiger partial charge in [0.25, 0.3) is 11.1 Å². The number of hydrogen-bond donors (Lipinski definition) is 9. The average Bonchev–Trinajstić information content (AvgIpc) is 1.68. The van der Waals surface area contributed by atoms with Gasteiger partial charge in [-0.25, -0.2) is 42.6 Å². The van der Waals surface area contributed by atoms with E-state index in [1.165, 1.54) is 34.4 Å². The average molecular weight is 1420 g/mol. The Labute approximate surface area is 535 Å². The summed E-state index contributed by atoms with van der Waals surface area (Å²) >= 11 is 20.7. The molecule has 6 aromatic heterocycles. The number of anilines is 4. The van der Waals surface area contributed by atoms with E-state index in [0.717, 1.165) is 0 Å². The first-order valence-corrected chi connectivity index (χ1v) is 38.8. The second kappa shape index (κ2) is 28.2. The third-order valence-electron chi connectivity index (χ3n) is 15.8. The summed E-state index contributed by atoms with van der Waals surface area (Å²) in [5, 5.41) is 34.0. The molecule has 4 unspecified atom stereocenters. The fraction of sp³-hybridized carbons (Fsp3) is 0.617. The first kappa shape index (κ1) is 67.4. The van der Waals surface area contributed by atoms with Crippen LogP contribution in [0.15, 0.2) is 46.8 Å². The molecule has 1 amide bonds. The molecule has 0 radical (unpaired) electrons. The standard InChI is InChI=1S/C27H35FN10O8P2S2.C20H26FN9O7P2S2/c1-14(2)25(39)34-27-33-24-22(26(40)35-27)36-37-38(24)18-8-15-9-19(18)45-48(50,42-7-3-5-29)44-12-16-10-17(32-20-4-6-30-13-31-20)21(28)23(16)46-47(41,49)43-11-15;21-15-11(25-14-1-2-23-8-24-14)5-10-7-35-38(32,40)36-13-4-9(6-34-39(33,41)37-17(10)15)3-12(13)30-18-16(28-29-30)19(31)27-20(22)26-18/h4,6,13-19,21,23H,3,7-12H2,1-2H3,(H,41,49)(H,30,31,32)(H2,33,34,35,39,40);1-2,8-13,15,17H,3-7H2,(H,32,40)(H,33,41)(H,23,24,25)(H3,22,26,27,31)/t15-,16+,17+,18+,19+,21-,23+,47?,48?;9-,10+,11+,12+,13+,15-,17+,38?,39?/m00/s1. The number of carbonyl (C=O) groups excluding carboxylic acids is 1. The molecule has 0 spiro atoms. The van der Waals surface area contributed by atoms with Crippen molar-refractivity contribution in [2.24, 2.45) is 29.6 Å². The molecule has 8 heterocycles. The lowest BCUT2D eigenvalue weighted by atomic mass is 10.1. The zero-order valence-corrected chi connectivity index (χ0v) is 54.8. The summed E-state index contributed by atoms with van der Waals surface area (Å²) in [5.41, 5.74) is 4.64. The van der Waals surface area contributed by atoms with Gasteiger partial charge in [-0.2, -0.15) is 15.2 Å². The number of fused-ring (bicyclic) bond motifs is 8. The minimum Gasteiger partial charge on any atom is -0.369 e. The molecule has 2 aliphatic heterocycles. The molecule has 4 aliphatic carbocycles. The highest BCUT2D eigenvalue weighted by Gasteiger charge is 2.52. The van der Waals surface area contributed by atoms with Crippen molar-refractivity contribution in [2.75, 3.05) is 54.7 Å². The predicted octanol–water partition coefficient (Wildman–Crippen LogP) is 4.63. The number of nitriles is 1. The van der Waals surface area contributed by atoms with Crippen LogP contribution in [0.3, 0.4) is 0 Å². The Kier molecular flexibility index (Phi) is 20.9. The Balaban J connectivity index is 0.000000190. The summed E-state index contributed by atoms with van der Waals surface area (Å²) in [5.74, 6) is -2.19. The molecule has 492 valence electrons. The normalized spacial score (nSPS) is 35.4. The van der Waals surface area contributed by atoms with Crippen molar-refractivity contribution in [1.82, 2.24) is 69.9 Å². The molecule has 2 saturated heterocycles. The van der Waals surface area contributed by atoms with Gasteiger partial charge in [-0.1, -0.05) is 36.5 Å². The number of nitrogens with two attached hydrogens (primary N) is 1. The van der Waals surface area contributed by atoms with E-state index in [2.05, 4.69) is 88.7 Å². The van der Waals surface area contributed by atoms with Crippen molar-refractivity contribution in [1.29, 1.82) is 5.26 Å². The van der Waals surface area contributed by atoms with Gasteiger partial charge in [-0.15, -0.1) is 10.2 Å². The number of aromatic nitrogens is 14. The molecular formula is C47H61F2N19O15P4S4. The van der Waals surface area contributed by atoms with Gasteiger partial charge < -0.3 is 62.3 Å². The van der Waals surface area contributed by atoms with Gasteiger partial charge in [-0.3, -0.25) is 34.2 Å². The minimum atomic E-state index is -4.05. The molecule has 18 atom stereocenters. The van der Waals surface area contributed by atoms with Gasteiger partial charge in [-0.05, 0) is 97.9 Å². The van der Waals surface area contributed by atoms with Crippen LogP contribution in [0.4, 0.5) is 32.3 Å². The number of nitrogens with zero attached hydrogens (tertiary/aromatic N) is 13. The number of alkyl halides is 2. The first-order valence-electron chi connectivity index (χ1n) is 28.3. The van der Waals surface area contributed by atoms with Crippen molar-refractivity contribution in [2.45, 2.75) is 120 Å². The van der Waals surface area contributed by atoms with Crippen LogP contribution in [-0.4, -0.2) is 167 Å². The highest BCUT2D eigenvalue weighted by molar-refractivity contribution is 8.44. The van der Waals surface area contributed by atoms with E-state index in [4.69, 9.17) is 81.9 Å². The molecule has 44 heteroatoms. The lowest BCUT2D eigenvalue weighted by molar-refractivity contribution is -0.118. The van der Waals surface area contributed by atoms with E-state index in [9.17, 15) is 34.0 Å². The number of hydrogen-bond acceptors (Lipinski definition) is 30. The maximum atomic E-state index is 16.0. The van der Waals surface area contributed by atoms with Crippen molar-refractivity contribution in [3.05, 3.63) is 57.9 Å². The monoisotopic (exact) mass is 1420 g/mol. The van der Waals surface area contributed by atoms with Gasteiger partial charge in [0.15, 0.2) is 22.3 Å². The van der Waals surface area contributed by atoms with Crippen LogP contribution in [0.2, 0.25) is 0 Å². The number of aromatic amines is 2. The van der Waals surface area contributed by atoms with E-state index >= 15 is 8.78 Å². The fourth-order valence-electron chi connectivity index (χ4n) is 11.6. The number of rotatable bonds is 11. The second-order valence-electron chi connectivity index (χ2n) is 22.5. The zero-order valence-electron chi connectivity index (χ0n) is 47.9. The van der Waals surface area contributed by atoms with Crippen molar-refractivity contribution < 1.29 is 68.6 Å². The van der Waals surface area contributed by atoms with Crippen molar-refractivity contribution in [3.8, 4) is 6.07 Å². The summed E-state index contributed by atoms with van der Waals surface area (Å²) in [6.07, 6.45) is -0.0974. The molecule has 9 N–H and O–H groups in total. The van der Waals surface area contributed by atoms with E-state index in [-0.39, 0.29) is 123 Å². The Bertz CT molecular complexity index is 3990. The van der Waals surface area contributed by atoms with E-state index < -0.39 is 111 Å². The molecule has 12 rings (SSSR count). The van der Waals surface area contributed by atoms with E-state index in [1.807, 2.05) is 6.07 Å². The Morgan fingerprint density at radius 1 is 0.780 bits per heavy atom. The molecule has 4 saturated carbocycles. The lowest BCUT2D eigenvalue weighted by Gasteiger charge is -2.30. The molecule has 6 fully saturated rings. The van der Waals surface area contributed by atoms with Crippen molar-refractivity contribution in [3.63, 3.8) is 0 Å². The van der Waals surface area contributed by atoms with Gasteiger partial charge in [0.05, 0.1) is 81.9 Å². The molecule has 4 bridgehead atoms. The van der Waals surface area contributed by atoms with E-state index in [1.54, 1.807) is 26.0 Å². The van der Waals surface area contributed by atoms with Crippen LogP contribution in [0.25, 0.3) is 22.3 Å². The van der Waals surface area contributed by atoms with E-state index in [0.29, 0.717) is 24.5 Å².